The quantitative estimate of drug-likeness (QED) is 0.0451. The zero-order chi connectivity index (χ0) is 34.9. The molecule has 0 aromatic rings. The number of rotatable bonds is 28. The summed E-state index contributed by atoms with van der Waals surface area (Å²) in [6.07, 6.45) is 14.1. The highest BCUT2D eigenvalue weighted by atomic mass is 16.7. The third-order valence-corrected chi connectivity index (χ3v) is 8.73. The molecular weight excluding hydrogens is 606 g/mol. The van der Waals surface area contributed by atoms with Crippen LogP contribution in [0.25, 0.3) is 0 Å². The Morgan fingerprint density at radius 3 is 1.89 bits per heavy atom. The minimum atomic E-state index is -1.67. The second-order valence-corrected chi connectivity index (χ2v) is 12.9. The summed E-state index contributed by atoms with van der Waals surface area (Å²) in [5.74, 6) is -0.726. The number of amides is 1. The predicted octanol–water partition coefficient (Wildman–Crippen LogP) is 3.54. The highest BCUT2D eigenvalue weighted by Crippen LogP contribution is 2.23. The van der Waals surface area contributed by atoms with E-state index in [1.165, 1.54) is 38.5 Å². The number of hydrogen-bond donors (Lipinski definition) is 8. The van der Waals surface area contributed by atoms with Gasteiger partial charge in [0.05, 0.1) is 25.4 Å². The van der Waals surface area contributed by atoms with Crippen molar-refractivity contribution in [1.82, 2.24) is 5.32 Å². The summed E-state index contributed by atoms with van der Waals surface area (Å²) in [7, 11) is 0. The Labute approximate surface area is 283 Å². The lowest BCUT2D eigenvalue weighted by Crippen LogP contribution is -2.60. The van der Waals surface area contributed by atoms with Crippen LogP contribution in [0, 0.1) is 0 Å². The van der Waals surface area contributed by atoms with E-state index in [0.29, 0.717) is 12.8 Å². The summed E-state index contributed by atoms with van der Waals surface area (Å²) < 4.78 is 11.0. The molecule has 1 aliphatic heterocycles. The Morgan fingerprint density at radius 1 is 0.723 bits per heavy atom. The largest absolute Gasteiger partial charge is 0.394 e. The molecule has 1 rings (SSSR count). The van der Waals surface area contributed by atoms with E-state index < -0.39 is 74.2 Å². The van der Waals surface area contributed by atoms with Crippen LogP contribution in [-0.4, -0.2) is 110 Å². The van der Waals surface area contributed by atoms with Crippen molar-refractivity contribution in [1.29, 1.82) is 0 Å². The number of carbonyl (C=O) groups is 1. The first kappa shape index (κ1) is 43.6. The second-order valence-electron chi connectivity index (χ2n) is 12.9. The molecule has 1 saturated heterocycles. The van der Waals surface area contributed by atoms with Gasteiger partial charge < -0.3 is 50.5 Å². The van der Waals surface area contributed by atoms with Crippen molar-refractivity contribution < 1.29 is 50.0 Å². The number of ether oxygens (including phenoxy) is 2. The van der Waals surface area contributed by atoms with Gasteiger partial charge in [-0.3, -0.25) is 4.79 Å². The first-order valence-corrected chi connectivity index (χ1v) is 18.2. The van der Waals surface area contributed by atoms with Crippen LogP contribution in [0.1, 0.15) is 129 Å². The topological polar surface area (TPSA) is 189 Å². The molecule has 8 N–H and O–H groups in total. The number of aliphatic hydroxyl groups is 7. The van der Waals surface area contributed by atoms with Gasteiger partial charge in [0, 0.05) is 0 Å². The van der Waals surface area contributed by atoms with Crippen LogP contribution in [0.3, 0.4) is 0 Å². The molecule has 0 aliphatic carbocycles. The Kier molecular flexibility index (Phi) is 25.4. The molecule has 47 heavy (non-hydrogen) atoms. The van der Waals surface area contributed by atoms with E-state index in [0.717, 1.165) is 51.4 Å². The van der Waals surface area contributed by atoms with E-state index in [-0.39, 0.29) is 12.8 Å². The Bertz CT molecular complexity index is 826. The van der Waals surface area contributed by atoms with Gasteiger partial charge in [-0.2, -0.15) is 0 Å². The molecule has 1 fully saturated rings. The van der Waals surface area contributed by atoms with Crippen molar-refractivity contribution in [2.24, 2.45) is 0 Å². The van der Waals surface area contributed by atoms with Crippen LogP contribution in [0.15, 0.2) is 24.3 Å². The van der Waals surface area contributed by atoms with Crippen molar-refractivity contribution >= 4 is 5.91 Å². The zero-order valence-electron chi connectivity index (χ0n) is 29.0. The fourth-order valence-electron chi connectivity index (χ4n) is 5.54. The van der Waals surface area contributed by atoms with Gasteiger partial charge in [-0.1, -0.05) is 95.9 Å². The van der Waals surface area contributed by atoms with E-state index >= 15 is 0 Å². The van der Waals surface area contributed by atoms with Crippen LogP contribution in [0.2, 0.25) is 0 Å². The minimum Gasteiger partial charge on any atom is -0.394 e. The maximum absolute atomic E-state index is 12.9. The monoisotopic (exact) mass is 673 g/mol. The second kappa shape index (κ2) is 27.4. The lowest BCUT2D eigenvalue weighted by Gasteiger charge is -2.40. The van der Waals surface area contributed by atoms with Crippen molar-refractivity contribution in [3.63, 3.8) is 0 Å². The summed E-state index contributed by atoms with van der Waals surface area (Å²) in [6, 6.07) is -1.18. The van der Waals surface area contributed by atoms with Crippen LogP contribution in [-0.2, 0) is 14.3 Å². The summed E-state index contributed by atoms with van der Waals surface area (Å²) in [4.78, 5) is 12.9. The number of carbonyl (C=O) groups excluding carboxylic acids is 1. The predicted molar refractivity (Wildman–Crippen MR) is 182 cm³/mol. The zero-order valence-corrected chi connectivity index (χ0v) is 29.0. The Morgan fingerprint density at radius 2 is 1.28 bits per heavy atom. The molecule has 276 valence electrons. The van der Waals surface area contributed by atoms with Crippen LogP contribution in [0.4, 0.5) is 0 Å². The number of hydrogen-bond acceptors (Lipinski definition) is 10. The number of allylic oxidation sites excluding steroid dienone is 4. The van der Waals surface area contributed by atoms with Gasteiger partial charge >= 0.3 is 0 Å². The number of aliphatic hydroxyl groups excluding tert-OH is 7. The van der Waals surface area contributed by atoms with E-state index in [9.17, 15) is 40.5 Å². The molecule has 0 spiro atoms. The van der Waals surface area contributed by atoms with Gasteiger partial charge in [-0.05, 0) is 57.8 Å². The lowest BCUT2D eigenvalue weighted by molar-refractivity contribution is -0.303. The SMILES string of the molecule is CCCC/C=C\CCCCCC(O)C(=O)NC(COC1OC(CO)C(O)C(O)C1O)C(O)C(O)CCC/C=C/CCCCCCCC. The molecule has 0 aromatic carbocycles. The van der Waals surface area contributed by atoms with Gasteiger partial charge in [0.15, 0.2) is 6.29 Å². The summed E-state index contributed by atoms with van der Waals surface area (Å²) in [6.45, 7) is 3.28. The van der Waals surface area contributed by atoms with E-state index in [1.54, 1.807) is 0 Å². The average molecular weight is 674 g/mol. The van der Waals surface area contributed by atoms with E-state index in [1.807, 2.05) is 0 Å². The first-order chi connectivity index (χ1) is 22.7. The molecule has 9 atom stereocenters. The van der Waals surface area contributed by atoms with Gasteiger partial charge in [-0.15, -0.1) is 0 Å². The fourth-order valence-corrected chi connectivity index (χ4v) is 5.54. The Hall–Kier alpha value is -1.41. The molecule has 0 radical (unpaired) electrons. The van der Waals surface area contributed by atoms with Gasteiger partial charge in [0.2, 0.25) is 5.91 Å². The minimum absolute atomic E-state index is 0.232. The molecular formula is C36H67NO10. The standard InChI is InChI=1S/C36H67NO10/c1-3-5-7-9-11-13-14-16-17-19-21-23-28(39)31(41)27(26-46-36-34(44)33(43)32(42)30(25-38)47-36)37-35(45)29(40)24-22-20-18-15-12-10-8-6-4-2/h10,12,16-17,27-34,36,38-44H,3-9,11,13-15,18-26H2,1-2H3,(H,37,45)/b12-10-,17-16+. The van der Waals surface area contributed by atoms with Crippen molar-refractivity contribution in [2.45, 2.75) is 184 Å². The number of unbranched alkanes of at least 4 members (excludes halogenated alkanes) is 12. The molecule has 0 aromatic heterocycles. The molecule has 1 heterocycles. The Balaban J connectivity index is 2.66. The van der Waals surface area contributed by atoms with E-state index in [4.69, 9.17) is 9.47 Å². The van der Waals surface area contributed by atoms with Crippen molar-refractivity contribution in [3.8, 4) is 0 Å². The van der Waals surface area contributed by atoms with Crippen molar-refractivity contribution in [2.75, 3.05) is 13.2 Å². The molecule has 1 aliphatic rings. The first-order valence-electron chi connectivity index (χ1n) is 18.2. The summed E-state index contributed by atoms with van der Waals surface area (Å²) in [5.41, 5.74) is 0. The summed E-state index contributed by atoms with van der Waals surface area (Å²) >= 11 is 0. The average Bonchev–Trinajstić information content (AvgIpc) is 3.07. The highest BCUT2D eigenvalue weighted by Gasteiger charge is 2.44. The van der Waals surface area contributed by atoms with Crippen LogP contribution >= 0.6 is 0 Å². The third kappa shape index (κ3) is 18.8. The van der Waals surface area contributed by atoms with Gasteiger partial charge in [0.25, 0.3) is 0 Å². The number of nitrogens with one attached hydrogen (secondary N) is 1. The lowest BCUT2D eigenvalue weighted by atomic mass is 9.98. The van der Waals surface area contributed by atoms with Crippen LogP contribution < -0.4 is 5.32 Å². The molecule has 11 nitrogen and oxygen atoms in total. The van der Waals surface area contributed by atoms with Crippen molar-refractivity contribution in [3.05, 3.63) is 24.3 Å². The van der Waals surface area contributed by atoms with Gasteiger partial charge in [-0.25, -0.2) is 0 Å². The highest BCUT2D eigenvalue weighted by molar-refractivity contribution is 5.80. The molecule has 0 saturated carbocycles. The van der Waals surface area contributed by atoms with Crippen LogP contribution in [0.5, 0.6) is 0 Å². The molecule has 0 bridgehead atoms. The molecule has 9 unspecified atom stereocenters. The smallest absolute Gasteiger partial charge is 0.249 e. The molecule has 11 heteroatoms. The summed E-state index contributed by atoms with van der Waals surface area (Å²) in [5, 5.41) is 74.8. The van der Waals surface area contributed by atoms with E-state index in [2.05, 4.69) is 43.5 Å². The molecule has 1 amide bonds. The third-order valence-electron chi connectivity index (χ3n) is 8.73. The fraction of sp³-hybridized carbons (Fsp3) is 0.861. The maximum Gasteiger partial charge on any atom is 0.249 e. The van der Waals surface area contributed by atoms with Gasteiger partial charge in [0.1, 0.15) is 36.6 Å². The maximum atomic E-state index is 12.9. The normalized spacial score (nSPS) is 24.5.